The molecular formula is C9H12N2O2S. The Labute approximate surface area is 86.8 Å². The fourth-order valence-electron chi connectivity index (χ4n) is 0.975. The molecule has 0 fully saturated rings. The van der Waals surface area contributed by atoms with E-state index < -0.39 is 11.2 Å². The quantitative estimate of drug-likeness (QED) is 0.609. The highest BCUT2D eigenvalue weighted by molar-refractivity contribution is 8.00. The monoisotopic (exact) mass is 212 g/mol. The Morgan fingerprint density at radius 2 is 2.14 bits per heavy atom. The predicted octanol–water partition coefficient (Wildman–Crippen LogP) is 1.66. The molecule has 0 spiro atoms. The van der Waals surface area contributed by atoms with Crippen molar-refractivity contribution in [2.75, 3.05) is 0 Å². The first-order valence-corrected chi connectivity index (χ1v) is 5.09. The molecule has 14 heavy (non-hydrogen) atoms. The number of carboxylic acid groups (broad SMARTS) is 1. The Morgan fingerprint density at radius 3 is 2.64 bits per heavy atom. The number of hydrogen-bond donors (Lipinski definition) is 1. The van der Waals surface area contributed by atoms with Gasteiger partial charge in [-0.3, -0.25) is 4.79 Å². The van der Waals surface area contributed by atoms with Gasteiger partial charge in [0.05, 0.1) is 0 Å². The van der Waals surface area contributed by atoms with Gasteiger partial charge in [-0.15, -0.1) is 0 Å². The van der Waals surface area contributed by atoms with E-state index in [1.165, 1.54) is 11.8 Å². The third-order valence-electron chi connectivity index (χ3n) is 1.59. The van der Waals surface area contributed by atoms with Gasteiger partial charge in [-0.25, -0.2) is 9.97 Å². The summed E-state index contributed by atoms with van der Waals surface area (Å²) in [5.74, 6) is -0.158. The van der Waals surface area contributed by atoms with Crippen molar-refractivity contribution in [3.8, 4) is 0 Å². The van der Waals surface area contributed by atoms with Gasteiger partial charge in [-0.05, 0) is 26.8 Å². The Kier molecular flexibility index (Phi) is 3.46. The summed E-state index contributed by atoms with van der Waals surface area (Å²) in [5, 5.41) is 8.95. The number of carboxylic acids is 1. The van der Waals surface area contributed by atoms with Gasteiger partial charge in [0.25, 0.3) is 0 Å². The fraction of sp³-hybridized carbons (Fsp3) is 0.444. The number of nitrogens with zero attached hydrogens (tertiary/aromatic N) is 2. The topological polar surface area (TPSA) is 63.1 Å². The maximum absolute atomic E-state index is 10.6. The van der Waals surface area contributed by atoms with E-state index in [-0.39, 0.29) is 0 Å². The molecule has 1 aromatic rings. The van der Waals surface area contributed by atoms with E-state index in [2.05, 4.69) is 9.97 Å². The molecule has 1 rings (SSSR count). The number of rotatable bonds is 3. The molecule has 1 atom stereocenters. The molecule has 0 aliphatic rings. The Morgan fingerprint density at radius 1 is 1.50 bits per heavy atom. The summed E-state index contributed by atoms with van der Waals surface area (Å²) < 4.78 is 0. The molecule has 1 aromatic heterocycles. The summed E-state index contributed by atoms with van der Waals surface area (Å²) in [6.07, 6.45) is 0. The van der Waals surface area contributed by atoms with E-state index >= 15 is 0 Å². The van der Waals surface area contributed by atoms with Crippen LogP contribution in [0.3, 0.4) is 0 Å². The lowest BCUT2D eigenvalue weighted by atomic mass is 10.4. The minimum absolute atomic E-state index is 0.483. The van der Waals surface area contributed by atoms with Crippen molar-refractivity contribution in [1.29, 1.82) is 0 Å². The van der Waals surface area contributed by atoms with Crippen molar-refractivity contribution >= 4 is 17.7 Å². The Bertz CT molecular complexity index is 334. The minimum atomic E-state index is -0.830. The van der Waals surface area contributed by atoms with Crippen LogP contribution in [0.5, 0.6) is 0 Å². The summed E-state index contributed by atoms with van der Waals surface area (Å²) in [5.41, 5.74) is 0.859. The first kappa shape index (κ1) is 11.0. The maximum atomic E-state index is 10.6. The Hall–Kier alpha value is -1.10. The van der Waals surface area contributed by atoms with Crippen LogP contribution in [-0.4, -0.2) is 26.3 Å². The fourth-order valence-corrected chi connectivity index (χ4v) is 1.86. The highest BCUT2D eigenvalue weighted by Gasteiger charge is 2.13. The molecule has 76 valence electrons. The van der Waals surface area contributed by atoms with Crippen molar-refractivity contribution in [1.82, 2.24) is 9.97 Å². The second-order valence-corrected chi connectivity index (χ2v) is 4.35. The molecule has 0 amide bonds. The molecule has 5 heteroatoms. The van der Waals surface area contributed by atoms with Crippen molar-refractivity contribution in [3.05, 3.63) is 17.6 Å². The first-order chi connectivity index (χ1) is 6.49. The second-order valence-electron chi connectivity index (χ2n) is 2.99. The molecule has 0 aliphatic heterocycles. The smallest absolute Gasteiger partial charge is 0.316 e. The van der Waals surface area contributed by atoms with Crippen molar-refractivity contribution in [2.24, 2.45) is 0 Å². The first-order valence-electron chi connectivity index (χ1n) is 4.21. The maximum Gasteiger partial charge on any atom is 0.316 e. The molecule has 0 saturated heterocycles. The van der Waals surface area contributed by atoms with Gasteiger partial charge in [0, 0.05) is 5.69 Å². The van der Waals surface area contributed by atoms with Gasteiger partial charge in [0.1, 0.15) is 16.1 Å². The van der Waals surface area contributed by atoms with Gasteiger partial charge in [-0.2, -0.15) is 0 Å². The normalized spacial score (nSPS) is 12.5. The zero-order chi connectivity index (χ0) is 10.7. The average Bonchev–Trinajstić information content (AvgIpc) is 2.01. The van der Waals surface area contributed by atoms with E-state index in [1.807, 2.05) is 6.92 Å². The van der Waals surface area contributed by atoms with Crippen molar-refractivity contribution < 1.29 is 9.90 Å². The van der Waals surface area contributed by atoms with Gasteiger partial charge in [-0.1, -0.05) is 11.8 Å². The third-order valence-corrected chi connectivity index (χ3v) is 2.59. The van der Waals surface area contributed by atoms with Crippen LogP contribution in [-0.2, 0) is 4.79 Å². The van der Waals surface area contributed by atoms with E-state index in [1.54, 1.807) is 19.9 Å². The van der Waals surface area contributed by atoms with Crippen molar-refractivity contribution in [3.63, 3.8) is 0 Å². The summed E-state index contributed by atoms with van der Waals surface area (Å²) in [6.45, 7) is 5.30. The lowest BCUT2D eigenvalue weighted by Gasteiger charge is -2.06. The molecule has 0 aromatic carbocycles. The zero-order valence-corrected chi connectivity index (χ0v) is 9.13. The highest BCUT2D eigenvalue weighted by atomic mass is 32.2. The molecule has 0 radical (unpaired) electrons. The molecule has 1 heterocycles. The van der Waals surface area contributed by atoms with Crippen LogP contribution in [0.1, 0.15) is 18.4 Å². The third kappa shape index (κ3) is 2.99. The van der Waals surface area contributed by atoms with Crippen LogP contribution in [0.4, 0.5) is 0 Å². The lowest BCUT2D eigenvalue weighted by Crippen LogP contribution is -2.11. The molecule has 0 aliphatic carbocycles. The van der Waals surface area contributed by atoms with Crippen molar-refractivity contribution in [2.45, 2.75) is 31.0 Å². The number of hydrogen-bond acceptors (Lipinski definition) is 4. The zero-order valence-electron chi connectivity index (χ0n) is 8.31. The average molecular weight is 212 g/mol. The second kappa shape index (κ2) is 4.41. The van der Waals surface area contributed by atoms with Crippen LogP contribution in [0.15, 0.2) is 11.1 Å². The van der Waals surface area contributed by atoms with E-state index in [0.717, 1.165) is 5.69 Å². The van der Waals surface area contributed by atoms with Crippen LogP contribution in [0, 0.1) is 13.8 Å². The van der Waals surface area contributed by atoms with Crippen LogP contribution in [0.2, 0.25) is 0 Å². The molecule has 0 saturated carbocycles. The summed E-state index contributed by atoms with van der Waals surface area (Å²) in [6, 6.07) is 1.79. The number of aryl methyl sites for hydroxylation is 2. The number of thioether (sulfide) groups is 1. The number of aliphatic carboxylic acids is 1. The standard InChI is InChI=1S/C9H12N2O2S/c1-5-4-8(11-7(3)10-5)14-6(2)9(12)13/h4,6H,1-3H3,(H,12,13). The SMILES string of the molecule is Cc1cc(SC(C)C(=O)O)nc(C)n1. The molecule has 4 nitrogen and oxygen atoms in total. The largest absolute Gasteiger partial charge is 0.480 e. The summed E-state index contributed by atoms with van der Waals surface area (Å²) >= 11 is 1.23. The van der Waals surface area contributed by atoms with E-state index in [9.17, 15) is 4.79 Å². The van der Waals surface area contributed by atoms with Crippen LogP contribution < -0.4 is 0 Å². The van der Waals surface area contributed by atoms with E-state index in [0.29, 0.717) is 10.9 Å². The van der Waals surface area contributed by atoms with Gasteiger partial charge in [0.15, 0.2) is 0 Å². The van der Waals surface area contributed by atoms with Gasteiger partial charge in [0.2, 0.25) is 0 Å². The molecular weight excluding hydrogens is 200 g/mol. The lowest BCUT2D eigenvalue weighted by molar-refractivity contribution is -0.136. The summed E-state index contributed by atoms with van der Waals surface area (Å²) in [4.78, 5) is 18.9. The number of carbonyl (C=O) groups is 1. The van der Waals surface area contributed by atoms with Crippen LogP contribution in [0.25, 0.3) is 0 Å². The predicted molar refractivity (Wildman–Crippen MR) is 54.5 cm³/mol. The van der Waals surface area contributed by atoms with Gasteiger partial charge >= 0.3 is 5.97 Å². The summed E-state index contributed by atoms with van der Waals surface area (Å²) in [7, 11) is 0. The molecule has 0 bridgehead atoms. The molecule has 1 unspecified atom stereocenters. The number of aromatic nitrogens is 2. The molecule has 1 N–H and O–H groups in total. The van der Waals surface area contributed by atoms with Gasteiger partial charge < -0.3 is 5.11 Å². The Balaban J connectivity index is 2.81. The minimum Gasteiger partial charge on any atom is -0.480 e. The highest BCUT2D eigenvalue weighted by Crippen LogP contribution is 2.21. The van der Waals surface area contributed by atoms with E-state index in [4.69, 9.17) is 5.11 Å². The van der Waals surface area contributed by atoms with Crippen LogP contribution >= 0.6 is 11.8 Å².